The molecule has 8 heteroatoms. The highest BCUT2D eigenvalue weighted by atomic mass is 127. The van der Waals surface area contributed by atoms with E-state index in [9.17, 15) is 0 Å². The Hall–Kier alpha value is -1.26. The van der Waals surface area contributed by atoms with Crippen LogP contribution in [-0.2, 0) is 14.9 Å². The molecule has 0 bridgehead atoms. The normalized spacial score (nSPS) is 19.1. The van der Waals surface area contributed by atoms with Gasteiger partial charge in [-0.05, 0) is 37.5 Å². The first-order valence-corrected chi connectivity index (χ1v) is 9.11. The predicted molar refractivity (Wildman–Crippen MR) is 116 cm³/mol. The van der Waals surface area contributed by atoms with Gasteiger partial charge in [-0.3, -0.25) is 4.99 Å². The third-order valence-corrected chi connectivity index (χ3v) is 5.05. The molecular formula is C19H30IN3O4. The Bertz CT molecular complexity index is 635. The molecule has 1 saturated heterocycles. The van der Waals surface area contributed by atoms with Crippen LogP contribution in [-0.4, -0.2) is 59.3 Å². The molecule has 1 aromatic carbocycles. The topological polar surface area (TPSA) is 73.3 Å². The Morgan fingerprint density at radius 2 is 2.00 bits per heavy atom. The molecule has 3 rings (SSSR count). The van der Waals surface area contributed by atoms with E-state index in [0.717, 1.165) is 50.1 Å². The van der Waals surface area contributed by atoms with Gasteiger partial charge in [0, 0.05) is 45.4 Å². The average Bonchev–Trinajstić information content (AvgIpc) is 3.14. The molecule has 0 aromatic heterocycles. The summed E-state index contributed by atoms with van der Waals surface area (Å²) in [6, 6.07) is 6.44. The summed E-state index contributed by atoms with van der Waals surface area (Å²) in [4.78, 5) is 4.34. The van der Waals surface area contributed by atoms with Crippen LogP contribution in [0, 0.1) is 0 Å². The highest BCUT2D eigenvalue weighted by molar-refractivity contribution is 14.0. The molecule has 2 N–H and O–H groups in total. The van der Waals surface area contributed by atoms with Crippen LogP contribution in [0.3, 0.4) is 0 Å². The number of aliphatic imine (C=N–C) groups is 1. The first-order valence-electron chi connectivity index (χ1n) is 9.11. The smallest absolute Gasteiger partial charge is 0.231 e. The summed E-state index contributed by atoms with van der Waals surface area (Å²) in [5.74, 6) is 2.42. The summed E-state index contributed by atoms with van der Waals surface area (Å²) < 4.78 is 21.8. The van der Waals surface area contributed by atoms with E-state index in [0.29, 0.717) is 13.4 Å². The lowest BCUT2D eigenvalue weighted by molar-refractivity contribution is 0.0513. The Morgan fingerprint density at radius 1 is 1.26 bits per heavy atom. The fourth-order valence-electron chi connectivity index (χ4n) is 3.53. The van der Waals surface area contributed by atoms with Gasteiger partial charge in [0.25, 0.3) is 0 Å². The first kappa shape index (κ1) is 22.0. The van der Waals surface area contributed by atoms with Gasteiger partial charge < -0.3 is 29.6 Å². The number of fused-ring (bicyclic) bond motifs is 1. The van der Waals surface area contributed by atoms with Gasteiger partial charge in [-0.1, -0.05) is 6.07 Å². The maximum absolute atomic E-state index is 5.62. The van der Waals surface area contributed by atoms with Crippen molar-refractivity contribution in [2.45, 2.75) is 31.2 Å². The fourth-order valence-corrected chi connectivity index (χ4v) is 3.53. The van der Waals surface area contributed by atoms with Crippen molar-refractivity contribution in [2.75, 3.05) is 47.3 Å². The molecule has 0 saturated carbocycles. The molecule has 0 spiro atoms. The van der Waals surface area contributed by atoms with Crippen molar-refractivity contribution >= 4 is 29.9 Å². The standard InChI is InChI=1S/C19H29N3O4.HI/c1-14(11-23-3)22-18(20-2)21-12-19(6-8-24-9-7-19)15-4-5-16-17(10-15)26-13-25-16;/h4-5,10,14H,6-9,11-13H2,1-3H3,(H2,20,21,22);1H. The van der Waals surface area contributed by atoms with Gasteiger partial charge in [0.15, 0.2) is 17.5 Å². The van der Waals surface area contributed by atoms with Gasteiger partial charge in [-0.25, -0.2) is 0 Å². The van der Waals surface area contributed by atoms with E-state index in [1.807, 2.05) is 6.07 Å². The zero-order valence-electron chi connectivity index (χ0n) is 16.2. The average molecular weight is 491 g/mol. The molecule has 1 fully saturated rings. The molecule has 1 atom stereocenters. The quantitative estimate of drug-likeness (QED) is 0.362. The van der Waals surface area contributed by atoms with E-state index in [1.165, 1.54) is 5.56 Å². The van der Waals surface area contributed by atoms with Crippen LogP contribution in [0.2, 0.25) is 0 Å². The SMILES string of the molecule is CN=C(NCC1(c2ccc3c(c2)OCO3)CCOCC1)NC(C)COC.I. The van der Waals surface area contributed by atoms with Crippen molar-refractivity contribution in [3.63, 3.8) is 0 Å². The van der Waals surface area contributed by atoms with Crippen LogP contribution in [0.4, 0.5) is 0 Å². The molecule has 2 heterocycles. The molecule has 27 heavy (non-hydrogen) atoms. The molecule has 2 aliphatic rings. The number of rotatable bonds is 6. The maximum atomic E-state index is 5.62. The minimum absolute atomic E-state index is 0. The lowest BCUT2D eigenvalue weighted by Gasteiger charge is -2.38. The summed E-state index contributed by atoms with van der Waals surface area (Å²) in [5.41, 5.74) is 1.22. The van der Waals surface area contributed by atoms with Gasteiger partial charge >= 0.3 is 0 Å². The summed E-state index contributed by atoms with van der Waals surface area (Å²) in [7, 11) is 3.48. The van der Waals surface area contributed by atoms with E-state index in [2.05, 4.69) is 34.7 Å². The van der Waals surface area contributed by atoms with Crippen molar-refractivity contribution in [3.8, 4) is 11.5 Å². The van der Waals surface area contributed by atoms with Crippen molar-refractivity contribution in [3.05, 3.63) is 23.8 Å². The van der Waals surface area contributed by atoms with E-state index in [-0.39, 0.29) is 35.4 Å². The maximum Gasteiger partial charge on any atom is 0.231 e. The second-order valence-corrected chi connectivity index (χ2v) is 6.89. The number of hydrogen-bond acceptors (Lipinski definition) is 5. The third kappa shape index (κ3) is 5.39. The molecule has 1 aromatic rings. The molecular weight excluding hydrogens is 461 g/mol. The molecule has 0 aliphatic carbocycles. The van der Waals surface area contributed by atoms with Gasteiger partial charge in [0.1, 0.15) is 0 Å². The monoisotopic (exact) mass is 491 g/mol. The fraction of sp³-hybridized carbons (Fsp3) is 0.632. The van der Waals surface area contributed by atoms with Crippen LogP contribution in [0.25, 0.3) is 0 Å². The van der Waals surface area contributed by atoms with Crippen LogP contribution < -0.4 is 20.1 Å². The van der Waals surface area contributed by atoms with Crippen molar-refractivity contribution in [2.24, 2.45) is 4.99 Å². The molecule has 0 amide bonds. The molecule has 152 valence electrons. The lowest BCUT2D eigenvalue weighted by atomic mass is 9.74. The molecule has 2 aliphatic heterocycles. The highest BCUT2D eigenvalue weighted by Gasteiger charge is 2.36. The van der Waals surface area contributed by atoms with Gasteiger partial charge in [0.2, 0.25) is 6.79 Å². The second kappa shape index (κ2) is 10.3. The van der Waals surface area contributed by atoms with E-state index in [1.54, 1.807) is 14.2 Å². The number of hydrogen-bond donors (Lipinski definition) is 2. The molecule has 0 radical (unpaired) electrons. The van der Waals surface area contributed by atoms with Crippen molar-refractivity contribution < 1.29 is 18.9 Å². The van der Waals surface area contributed by atoms with E-state index in [4.69, 9.17) is 18.9 Å². The summed E-state index contributed by atoms with van der Waals surface area (Å²) in [6.07, 6.45) is 1.90. The van der Waals surface area contributed by atoms with Crippen LogP contribution >= 0.6 is 24.0 Å². The number of halogens is 1. The minimum Gasteiger partial charge on any atom is -0.454 e. The van der Waals surface area contributed by atoms with E-state index >= 15 is 0 Å². The van der Waals surface area contributed by atoms with Gasteiger partial charge in [-0.2, -0.15) is 0 Å². The Labute approximate surface area is 178 Å². The summed E-state index contributed by atoms with van der Waals surface area (Å²) >= 11 is 0. The zero-order valence-corrected chi connectivity index (χ0v) is 18.6. The van der Waals surface area contributed by atoms with Crippen LogP contribution in [0.5, 0.6) is 11.5 Å². The summed E-state index contributed by atoms with van der Waals surface area (Å²) in [5, 5.41) is 6.85. The minimum atomic E-state index is -0.0264. The number of benzene rings is 1. The molecule has 1 unspecified atom stereocenters. The second-order valence-electron chi connectivity index (χ2n) is 6.89. The highest BCUT2D eigenvalue weighted by Crippen LogP contribution is 2.40. The van der Waals surface area contributed by atoms with E-state index < -0.39 is 0 Å². The van der Waals surface area contributed by atoms with Crippen LogP contribution in [0.15, 0.2) is 23.2 Å². The third-order valence-electron chi connectivity index (χ3n) is 5.05. The Kier molecular flexibility index (Phi) is 8.43. The zero-order chi connectivity index (χ0) is 18.4. The number of methoxy groups -OCH3 is 1. The largest absolute Gasteiger partial charge is 0.454 e. The lowest BCUT2D eigenvalue weighted by Crippen LogP contribution is -2.50. The Balaban J connectivity index is 0.00000261. The number of nitrogens with one attached hydrogen (secondary N) is 2. The van der Waals surface area contributed by atoms with Gasteiger partial charge in [0.05, 0.1) is 6.61 Å². The number of nitrogens with zero attached hydrogens (tertiary/aromatic N) is 1. The summed E-state index contributed by atoms with van der Waals surface area (Å²) in [6.45, 7) is 5.27. The van der Waals surface area contributed by atoms with Crippen molar-refractivity contribution in [1.29, 1.82) is 0 Å². The van der Waals surface area contributed by atoms with Crippen molar-refractivity contribution in [1.82, 2.24) is 10.6 Å². The first-order chi connectivity index (χ1) is 12.7. The number of guanidine groups is 1. The van der Waals surface area contributed by atoms with Gasteiger partial charge in [-0.15, -0.1) is 24.0 Å². The van der Waals surface area contributed by atoms with Crippen LogP contribution in [0.1, 0.15) is 25.3 Å². The molecule has 7 nitrogen and oxygen atoms in total. The predicted octanol–water partition coefficient (Wildman–Crippen LogP) is 2.28. The number of ether oxygens (including phenoxy) is 4. The Morgan fingerprint density at radius 3 is 2.70 bits per heavy atom.